The fourth-order valence-electron chi connectivity index (χ4n) is 1.80. The Labute approximate surface area is 96.6 Å². The molecule has 0 amide bonds. The standard InChI is InChI=1S/C12H8FNO3/c13-10-2-1-7(3-9(10)6-14)8-4-11(15)17-12(16)5-8/h1-3,8H,4-5H2. The van der Waals surface area contributed by atoms with Gasteiger partial charge in [-0.05, 0) is 17.7 Å². The quantitative estimate of drug-likeness (QED) is 0.546. The molecule has 86 valence electrons. The van der Waals surface area contributed by atoms with Gasteiger partial charge in [-0.1, -0.05) is 6.07 Å². The number of carbonyl (C=O) groups excluding carboxylic acids is 2. The molecule has 2 rings (SSSR count). The van der Waals surface area contributed by atoms with Crippen molar-refractivity contribution in [1.29, 1.82) is 5.26 Å². The molecule has 4 nitrogen and oxygen atoms in total. The maximum atomic E-state index is 13.1. The minimum atomic E-state index is -0.610. The van der Waals surface area contributed by atoms with E-state index in [-0.39, 0.29) is 24.3 Å². The first kappa shape index (κ1) is 11.3. The van der Waals surface area contributed by atoms with Crippen LogP contribution in [-0.2, 0) is 14.3 Å². The van der Waals surface area contributed by atoms with Crippen LogP contribution in [0.5, 0.6) is 0 Å². The molecular formula is C12H8FNO3. The molecule has 0 bridgehead atoms. The van der Waals surface area contributed by atoms with Crippen molar-refractivity contribution in [3.8, 4) is 6.07 Å². The molecule has 5 heteroatoms. The van der Waals surface area contributed by atoms with E-state index in [4.69, 9.17) is 5.26 Å². The van der Waals surface area contributed by atoms with Gasteiger partial charge in [0.15, 0.2) is 0 Å². The highest BCUT2D eigenvalue weighted by molar-refractivity contribution is 5.89. The number of esters is 2. The van der Waals surface area contributed by atoms with Crippen molar-refractivity contribution in [3.63, 3.8) is 0 Å². The molecule has 0 aromatic heterocycles. The van der Waals surface area contributed by atoms with E-state index < -0.39 is 17.8 Å². The second-order valence-electron chi connectivity index (χ2n) is 3.80. The number of benzene rings is 1. The van der Waals surface area contributed by atoms with Crippen LogP contribution in [0.3, 0.4) is 0 Å². The van der Waals surface area contributed by atoms with Crippen molar-refractivity contribution >= 4 is 11.9 Å². The minimum Gasteiger partial charge on any atom is -0.393 e. The number of rotatable bonds is 1. The number of ether oxygens (including phenoxy) is 1. The fourth-order valence-corrected chi connectivity index (χ4v) is 1.80. The molecule has 0 unspecified atom stereocenters. The van der Waals surface area contributed by atoms with Crippen LogP contribution in [0.4, 0.5) is 4.39 Å². The summed E-state index contributed by atoms with van der Waals surface area (Å²) in [5.74, 6) is -2.12. The monoisotopic (exact) mass is 233 g/mol. The van der Waals surface area contributed by atoms with Gasteiger partial charge in [-0.25, -0.2) is 4.39 Å². The van der Waals surface area contributed by atoms with Gasteiger partial charge in [0.1, 0.15) is 11.9 Å². The van der Waals surface area contributed by atoms with Crippen LogP contribution >= 0.6 is 0 Å². The zero-order valence-corrected chi connectivity index (χ0v) is 8.77. The summed E-state index contributed by atoms with van der Waals surface area (Å²) in [5.41, 5.74) is 0.516. The lowest BCUT2D eigenvalue weighted by Crippen LogP contribution is -2.24. The van der Waals surface area contributed by atoms with E-state index in [1.54, 1.807) is 6.07 Å². The first-order valence-corrected chi connectivity index (χ1v) is 5.03. The molecular weight excluding hydrogens is 225 g/mol. The summed E-state index contributed by atoms with van der Waals surface area (Å²) >= 11 is 0. The number of hydrogen-bond acceptors (Lipinski definition) is 4. The Morgan fingerprint density at radius 3 is 2.53 bits per heavy atom. The fraction of sp³-hybridized carbons (Fsp3) is 0.250. The van der Waals surface area contributed by atoms with Gasteiger partial charge in [0.25, 0.3) is 0 Å². The highest BCUT2D eigenvalue weighted by atomic mass is 19.1. The Bertz CT molecular complexity index is 517. The maximum absolute atomic E-state index is 13.1. The highest BCUT2D eigenvalue weighted by Gasteiger charge is 2.28. The van der Waals surface area contributed by atoms with Crippen molar-refractivity contribution < 1.29 is 18.7 Å². The average molecular weight is 233 g/mol. The van der Waals surface area contributed by atoms with Gasteiger partial charge in [0, 0.05) is 5.92 Å². The molecule has 0 aliphatic carbocycles. The first-order chi connectivity index (χ1) is 8.10. The zero-order chi connectivity index (χ0) is 12.4. The van der Waals surface area contributed by atoms with E-state index in [9.17, 15) is 14.0 Å². The first-order valence-electron chi connectivity index (χ1n) is 5.03. The van der Waals surface area contributed by atoms with E-state index in [2.05, 4.69) is 4.74 Å². The molecule has 1 saturated heterocycles. The molecule has 1 aliphatic rings. The SMILES string of the molecule is N#Cc1cc(C2CC(=O)OC(=O)C2)ccc1F. The average Bonchev–Trinajstić information content (AvgIpc) is 2.28. The summed E-state index contributed by atoms with van der Waals surface area (Å²) in [4.78, 5) is 22.2. The molecule has 0 radical (unpaired) electrons. The van der Waals surface area contributed by atoms with Gasteiger partial charge in [0.05, 0.1) is 18.4 Å². The molecule has 1 fully saturated rings. The third kappa shape index (κ3) is 2.31. The summed E-state index contributed by atoms with van der Waals surface area (Å²) in [5, 5.41) is 8.70. The normalized spacial score (nSPS) is 16.5. The van der Waals surface area contributed by atoms with Crippen LogP contribution in [0, 0.1) is 17.1 Å². The van der Waals surface area contributed by atoms with Crippen molar-refractivity contribution in [2.75, 3.05) is 0 Å². The number of cyclic esters (lactones) is 2. The van der Waals surface area contributed by atoms with E-state index in [1.165, 1.54) is 12.1 Å². The highest BCUT2D eigenvalue weighted by Crippen LogP contribution is 2.29. The second-order valence-corrected chi connectivity index (χ2v) is 3.80. The lowest BCUT2D eigenvalue weighted by Gasteiger charge is -2.20. The van der Waals surface area contributed by atoms with Gasteiger partial charge < -0.3 is 4.74 Å². The van der Waals surface area contributed by atoms with Crippen LogP contribution in [0.1, 0.15) is 29.9 Å². The summed E-state index contributed by atoms with van der Waals surface area (Å²) in [7, 11) is 0. The second kappa shape index (κ2) is 4.34. The third-order valence-electron chi connectivity index (χ3n) is 2.64. The van der Waals surface area contributed by atoms with Crippen molar-refractivity contribution in [2.24, 2.45) is 0 Å². The van der Waals surface area contributed by atoms with Gasteiger partial charge >= 0.3 is 11.9 Å². The molecule has 0 N–H and O–H groups in total. The molecule has 0 spiro atoms. The number of nitrogens with zero attached hydrogens (tertiary/aromatic N) is 1. The van der Waals surface area contributed by atoms with E-state index in [1.807, 2.05) is 0 Å². The van der Waals surface area contributed by atoms with Gasteiger partial charge in [-0.2, -0.15) is 5.26 Å². The predicted octanol–water partition coefficient (Wildman–Crippen LogP) is 1.64. The maximum Gasteiger partial charge on any atom is 0.314 e. The van der Waals surface area contributed by atoms with Crippen molar-refractivity contribution in [1.82, 2.24) is 0 Å². The Hall–Kier alpha value is -2.22. The Balaban J connectivity index is 2.31. The van der Waals surface area contributed by atoms with Crippen LogP contribution < -0.4 is 0 Å². The molecule has 1 aliphatic heterocycles. The number of hydrogen-bond donors (Lipinski definition) is 0. The number of carbonyl (C=O) groups is 2. The number of halogens is 1. The molecule has 0 atom stereocenters. The lowest BCUT2D eigenvalue weighted by atomic mass is 9.90. The smallest absolute Gasteiger partial charge is 0.314 e. The molecule has 17 heavy (non-hydrogen) atoms. The summed E-state index contributed by atoms with van der Waals surface area (Å²) in [6, 6.07) is 5.73. The Kier molecular flexibility index (Phi) is 2.88. The molecule has 1 heterocycles. The van der Waals surface area contributed by atoms with Crippen molar-refractivity contribution in [2.45, 2.75) is 18.8 Å². The predicted molar refractivity (Wildman–Crippen MR) is 54.2 cm³/mol. The van der Waals surface area contributed by atoms with Crippen LogP contribution in [-0.4, -0.2) is 11.9 Å². The third-order valence-corrected chi connectivity index (χ3v) is 2.64. The Morgan fingerprint density at radius 2 is 1.94 bits per heavy atom. The summed E-state index contributed by atoms with van der Waals surface area (Å²) < 4.78 is 17.5. The van der Waals surface area contributed by atoms with Gasteiger partial charge in [0.2, 0.25) is 0 Å². The summed E-state index contributed by atoms with van der Waals surface area (Å²) in [6.45, 7) is 0. The summed E-state index contributed by atoms with van der Waals surface area (Å²) in [6.07, 6.45) is 0.143. The number of nitriles is 1. The van der Waals surface area contributed by atoms with E-state index >= 15 is 0 Å². The zero-order valence-electron chi connectivity index (χ0n) is 8.77. The molecule has 1 aromatic carbocycles. The van der Waals surface area contributed by atoms with Gasteiger partial charge in [-0.3, -0.25) is 9.59 Å². The largest absolute Gasteiger partial charge is 0.393 e. The minimum absolute atomic E-state index is 0.0717. The van der Waals surface area contributed by atoms with Crippen LogP contribution in [0.25, 0.3) is 0 Å². The topological polar surface area (TPSA) is 67.2 Å². The van der Waals surface area contributed by atoms with Crippen LogP contribution in [0.2, 0.25) is 0 Å². The lowest BCUT2D eigenvalue weighted by molar-refractivity contribution is -0.163. The van der Waals surface area contributed by atoms with Crippen molar-refractivity contribution in [3.05, 3.63) is 35.1 Å². The van der Waals surface area contributed by atoms with Gasteiger partial charge in [-0.15, -0.1) is 0 Å². The molecule has 0 saturated carbocycles. The molecule has 1 aromatic rings. The van der Waals surface area contributed by atoms with E-state index in [0.29, 0.717) is 5.56 Å². The Morgan fingerprint density at radius 1 is 1.29 bits per heavy atom. The van der Waals surface area contributed by atoms with E-state index in [0.717, 1.165) is 6.07 Å². The van der Waals surface area contributed by atoms with Crippen LogP contribution in [0.15, 0.2) is 18.2 Å².